The highest BCUT2D eigenvalue weighted by molar-refractivity contribution is 7.98. The maximum Gasteiger partial charge on any atom is 0.254 e. The van der Waals surface area contributed by atoms with Gasteiger partial charge in [-0.25, -0.2) is 24.9 Å². The topological polar surface area (TPSA) is 109 Å². The third-order valence-electron chi connectivity index (χ3n) is 6.74. The van der Waals surface area contributed by atoms with Gasteiger partial charge in [-0.1, -0.05) is 11.3 Å². The highest BCUT2D eigenvalue weighted by Crippen LogP contribution is 2.31. The Kier molecular flexibility index (Phi) is 6.41. The summed E-state index contributed by atoms with van der Waals surface area (Å²) < 4.78 is 1.07. The number of nitrogens with zero attached hydrogens (tertiary/aromatic N) is 6. The summed E-state index contributed by atoms with van der Waals surface area (Å²) in [7, 11) is 0. The highest BCUT2D eigenvalue weighted by Gasteiger charge is 2.26. The molecule has 2 N–H and O–H groups in total. The van der Waals surface area contributed by atoms with Gasteiger partial charge in [0.25, 0.3) is 5.91 Å². The molecule has 0 unspecified atom stereocenters. The average Bonchev–Trinajstić information content (AvgIpc) is 3.54. The van der Waals surface area contributed by atoms with E-state index in [1.807, 2.05) is 41.7 Å². The Balaban J connectivity index is 1.09. The number of carbonyl (C=O) groups is 1. The molecule has 4 heterocycles. The van der Waals surface area contributed by atoms with E-state index in [1.165, 1.54) is 0 Å². The molecule has 1 fully saturated rings. The van der Waals surface area contributed by atoms with Crippen molar-refractivity contribution in [2.45, 2.75) is 49.2 Å². The number of thioether (sulfide) groups is 1. The number of anilines is 2. The zero-order valence-electron chi connectivity index (χ0n) is 19.8. The quantitative estimate of drug-likeness (QED) is 0.362. The van der Waals surface area contributed by atoms with E-state index in [2.05, 4.69) is 30.6 Å². The second kappa shape index (κ2) is 9.98. The van der Waals surface area contributed by atoms with E-state index in [-0.39, 0.29) is 5.91 Å². The number of thiazole rings is 1. The summed E-state index contributed by atoms with van der Waals surface area (Å²) in [5, 5.41) is 7.95. The largest absolute Gasteiger partial charge is 0.359 e. The lowest BCUT2D eigenvalue weighted by molar-refractivity contribution is 0.0733. The normalized spacial score (nSPS) is 19.3. The zero-order chi connectivity index (χ0) is 24.5. The van der Waals surface area contributed by atoms with Crippen LogP contribution in [0.4, 0.5) is 11.1 Å². The fourth-order valence-corrected chi connectivity index (χ4v) is 6.08. The van der Waals surface area contributed by atoms with Gasteiger partial charge in [0.2, 0.25) is 5.95 Å². The number of benzene rings is 1. The Morgan fingerprint density at radius 1 is 1.11 bits per heavy atom. The van der Waals surface area contributed by atoms with Crippen LogP contribution in [0.15, 0.2) is 48.0 Å². The molecule has 9 nitrogen and oxygen atoms in total. The molecule has 184 valence electrons. The minimum atomic E-state index is 0.0198. The van der Waals surface area contributed by atoms with Crippen molar-refractivity contribution in [1.82, 2.24) is 29.8 Å². The molecule has 0 radical (unpaired) electrons. The lowest BCUT2D eigenvalue weighted by atomic mass is 10.1. The molecular weight excluding hydrogens is 492 g/mol. The summed E-state index contributed by atoms with van der Waals surface area (Å²) in [6.07, 6.45) is 12.9. The van der Waals surface area contributed by atoms with Crippen molar-refractivity contribution in [3.05, 3.63) is 59.9 Å². The van der Waals surface area contributed by atoms with Crippen LogP contribution in [0.3, 0.4) is 0 Å². The van der Waals surface area contributed by atoms with Crippen LogP contribution in [0.5, 0.6) is 0 Å². The summed E-state index contributed by atoms with van der Waals surface area (Å²) in [6, 6.07) is 6.49. The first-order valence-corrected chi connectivity index (χ1v) is 14.1. The first-order valence-electron chi connectivity index (χ1n) is 12.0. The molecule has 4 aromatic rings. The summed E-state index contributed by atoms with van der Waals surface area (Å²) in [6.45, 7) is 1.20. The molecule has 2 aliphatic rings. The van der Waals surface area contributed by atoms with Gasteiger partial charge in [-0.15, -0.1) is 11.8 Å². The Bertz CT molecular complexity index is 1390. The third kappa shape index (κ3) is 4.85. The van der Waals surface area contributed by atoms with Crippen LogP contribution >= 0.6 is 23.1 Å². The van der Waals surface area contributed by atoms with Gasteiger partial charge >= 0.3 is 0 Å². The van der Waals surface area contributed by atoms with Crippen molar-refractivity contribution in [2.24, 2.45) is 0 Å². The summed E-state index contributed by atoms with van der Waals surface area (Å²) >= 11 is 3.27. The number of hydrogen-bond acceptors (Lipinski definition) is 10. The molecule has 0 bridgehead atoms. The number of amides is 1. The van der Waals surface area contributed by atoms with Crippen LogP contribution in [0.2, 0.25) is 0 Å². The molecule has 1 saturated carbocycles. The summed E-state index contributed by atoms with van der Waals surface area (Å²) in [5.74, 6) is 0.701. The number of fused-ring (bicyclic) bond motifs is 2. The van der Waals surface area contributed by atoms with Gasteiger partial charge in [-0.3, -0.25) is 4.79 Å². The highest BCUT2D eigenvalue weighted by atomic mass is 32.2. The monoisotopic (exact) mass is 518 g/mol. The Labute approximate surface area is 217 Å². The van der Waals surface area contributed by atoms with Gasteiger partial charge in [-0.2, -0.15) is 0 Å². The van der Waals surface area contributed by atoms with Crippen LogP contribution in [-0.2, 0) is 13.0 Å². The summed E-state index contributed by atoms with van der Waals surface area (Å²) in [4.78, 5) is 38.2. The number of carbonyl (C=O) groups excluding carboxylic acids is 1. The van der Waals surface area contributed by atoms with Crippen LogP contribution in [0.1, 0.15) is 40.9 Å². The predicted octanol–water partition coefficient (Wildman–Crippen LogP) is 4.24. The van der Waals surface area contributed by atoms with E-state index in [1.54, 1.807) is 35.6 Å². The van der Waals surface area contributed by atoms with E-state index in [9.17, 15) is 4.79 Å². The second-order valence-corrected chi connectivity index (χ2v) is 11.0. The zero-order valence-corrected chi connectivity index (χ0v) is 21.5. The molecule has 11 heteroatoms. The van der Waals surface area contributed by atoms with Crippen molar-refractivity contribution < 1.29 is 4.79 Å². The molecule has 2 atom stereocenters. The van der Waals surface area contributed by atoms with Crippen molar-refractivity contribution in [3.8, 4) is 0 Å². The minimum Gasteiger partial charge on any atom is -0.359 e. The lowest BCUT2D eigenvalue weighted by Gasteiger charge is -2.27. The molecule has 1 aliphatic carbocycles. The SMILES string of the molecule is CSc1cnc(N[C@H]2CC[C@H](Nc3nc4cc(C(=O)N5CCc6ncncc6C5)ccc4s3)C2)nc1. The molecule has 6 rings (SSSR count). The molecule has 0 saturated heterocycles. The summed E-state index contributed by atoms with van der Waals surface area (Å²) in [5.41, 5.74) is 3.57. The van der Waals surface area contributed by atoms with Crippen LogP contribution < -0.4 is 10.6 Å². The Hall–Kier alpha value is -3.31. The number of aromatic nitrogens is 5. The maximum atomic E-state index is 13.2. The number of hydrogen-bond donors (Lipinski definition) is 2. The standard InChI is InChI=1S/C25H26N8OS2/c1-35-19-11-27-24(28-12-19)30-17-3-4-18(9-17)31-25-32-21-8-15(2-5-22(21)36-25)23(34)33-7-6-20-16(13-33)10-26-14-29-20/h2,5,8,10-12,14,17-18H,3-4,6-7,9,13H2,1H3,(H,31,32)(H,27,28,30)/t17-,18-/m0/s1. The van der Waals surface area contributed by atoms with Crippen molar-refractivity contribution >= 4 is 50.3 Å². The number of nitrogens with one attached hydrogen (secondary N) is 2. The average molecular weight is 519 g/mol. The molecular formula is C25H26N8OS2. The molecule has 1 aromatic carbocycles. The molecule has 1 aliphatic heterocycles. The van der Waals surface area contributed by atoms with E-state index in [0.717, 1.165) is 57.2 Å². The maximum absolute atomic E-state index is 13.2. The Morgan fingerprint density at radius 2 is 1.94 bits per heavy atom. The second-order valence-electron chi connectivity index (χ2n) is 9.11. The van der Waals surface area contributed by atoms with Gasteiger partial charge in [0.05, 0.1) is 15.9 Å². The van der Waals surface area contributed by atoms with Gasteiger partial charge < -0.3 is 15.5 Å². The van der Waals surface area contributed by atoms with Crippen LogP contribution in [0, 0.1) is 0 Å². The number of rotatable bonds is 6. The van der Waals surface area contributed by atoms with E-state index < -0.39 is 0 Å². The van der Waals surface area contributed by atoms with Crippen molar-refractivity contribution in [2.75, 3.05) is 23.4 Å². The van der Waals surface area contributed by atoms with Crippen molar-refractivity contribution in [1.29, 1.82) is 0 Å². The van der Waals surface area contributed by atoms with Crippen molar-refractivity contribution in [3.63, 3.8) is 0 Å². The first-order chi connectivity index (χ1) is 17.6. The van der Waals surface area contributed by atoms with Crippen LogP contribution in [0.25, 0.3) is 10.2 Å². The molecule has 0 spiro atoms. The van der Waals surface area contributed by atoms with Gasteiger partial charge in [-0.05, 0) is 43.7 Å². The molecule has 36 heavy (non-hydrogen) atoms. The van der Waals surface area contributed by atoms with E-state index in [0.29, 0.717) is 36.7 Å². The fourth-order valence-electron chi connectivity index (χ4n) is 4.84. The lowest BCUT2D eigenvalue weighted by Crippen LogP contribution is -2.36. The fraction of sp³-hybridized carbons (Fsp3) is 0.360. The minimum absolute atomic E-state index is 0.0198. The van der Waals surface area contributed by atoms with Crippen LogP contribution in [-0.4, -0.2) is 60.6 Å². The third-order valence-corrected chi connectivity index (χ3v) is 8.39. The first kappa shape index (κ1) is 23.1. The smallest absolute Gasteiger partial charge is 0.254 e. The molecule has 1 amide bonds. The Morgan fingerprint density at radius 3 is 2.78 bits per heavy atom. The predicted molar refractivity (Wildman–Crippen MR) is 143 cm³/mol. The van der Waals surface area contributed by atoms with Gasteiger partial charge in [0.15, 0.2) is 5.13 Å². The van der Waals surface area contributed by atoms with Gasteiger partial charge in [0.1, 0.15) is 6.33 Å². The van der Waals surface area contributed by atoms with Gasteiger partial charge in [0, 0.05) is 66.2 Å². The molecule has 3 aromatic heterocycles. The van der Waals surface area contributed by atoms with E-state index in [4.69, 9.17) is 4.98 Å². The van der Waals surface area contributed by atoms with E-state index >= 15 is 0 Å².